The van der Waals surface area contributed by atoms with Gasteiger partial charge in [-0.25, -0.2) is 4.79 Å². The number of hydrogen-bond acceptors (Lipinski definition) is 2. The van der Waals surface area contributed by atoms with Crippen LogP contribution in [0, 0.1) is 0 Å². The second-order valence-electron chi connectivity index (χ2n) is 7.49. The molecule has 0 unspecified atom stereocenters. The molecule has 0 amide bonds. The molecule has 1 aliphatic rings. The van der Waals surface area contributed by atoms with Gasteiger partial charge < -0.3 is 5.11 Å². The molecule has 0 aliphatic carbocycles. The van der Waals surface area contributed by atoms with Crippen LogP contribution in [-0.2, 0) is 25.7 Å². The van der Waals surface area contributed by atoms with Gasteiger partial charge in [-0.1, -0.05) is 48.5 Å². The summed E-state index contributed by atoms with van der Waals surface area (Å²) >= 11 is 0. The second kappa shape index (κ2) is 7.95. The van der Waals surface area contributed by atoms with Crippen molar-refractivity contribution in [2.24, 2.45) is 0 Å². The molecule has 3 nitrogen and oxygen atoms in total. The number of rotatable bonds is 4. The van der Waals surface area contributed by atoms with Gasteiger partial charge in [0.05, 0.1) is 11.1 Å². The first-order chi connectivity index (χ1) is 14.3. The molecule has 0 bridgehead atoms. The minimum absolute atomic E-state index is 0.243. The number of nitrogens with zero attached hydrogens (tertiary/aromatic N) is 1. The largest absolute Gasteiger partial charge is 0.478 e. The van der Waals surface area contributed by atoms with E-state index in [1.54, 1.807) is 24.3 Å². The fourth-order valence-corrected chi connectivity index (χ4v) is 4.00. The Bertz CT molecular complexity index is 1090. The lowest BCUT2D eigenvalue weighted by molar-refractivity contribution is -0.137. The SMILES string of the molecule is O=C(O)c1cccc(-c2cccc3c2CCN(Cc2cccc(C(F)(F)F)c2)C3)c1. The van der Waals surface area contributed by atoms with Crippen LogP contribution in [-0.4, -0.2) is 22.5 Å². The molecule has 1 aliphatic heterocycles. The number of alkyl halides is 3. The molecule has 0 saturated carbocycles. The van der Waals surface area contributed by atoms with Gasteiger partial charge in [-0.15, -0.1) is 0 Å². The van der Waals surface area contributed by atoms with Crippen LogP contribution in [0.15, 0.2) is 66.7 Å². The minimum atomic E-state index is -4.34. The molecule has 0 saturated heterocycles. The Morgan fingerprint density at radius 2 is 1.77 bits per heavy atom. The van der Waals surface area contributed by atoms with Gasteiger partial charge in [0, 0.05) is 19.6 Å². The average molecular weight is 411 g/mol. The Balaban J connectivity index is 1.57. The lowest BCUT2D eigenvalue weighted by Crippen LogP contribution is -2.30. The summed E-state index contributed by atoms with van der Waals surface area (Å²) in [4.78, 5) is 13.4. The van der Waals surface area contributed by atoms with Crippen LogP contribution >= 0.6 is 0 Å². The van der Waals surface area contributed by atoms with Gasteiger partial charge in [0.15, 0.2) is 0 Å². The first kappa shape index (κ1) is 20.2. The zero-order chi connectivity index (χ0) is 21.3. The van der Waals surface area contributed by atoms with E-state index in [1.807, 2.05) is 24.3 Å². The topological polar surface area (TPSA) is 40.5 Å². The van der Waals surface area contributed by atoms with E-state index in [1.165, 1.54) is 17.7 Å². The predicted molar refractivity (Wildman–Crippen MR) is 108 cm³/mol. The van der Waals surface area contributed by atoms with Crippen LogP contribution in [0.1, 0.15) is 32.6 Å². The Morgan fingerprint density at radius 3 is 2.53 bits per heavy atom. The van der Waals surface area contributed by atoms with Crippen LogP contribution in [0.2, 0.25) is 0 Å². The molecule has 1 N–H and O–H groups in total. The Kier molecular flexibility index (Phi) is 5.35. The van der Waals surface area contributed by atoms with E-state index >= 15 is 0 Å². The average Bonchev–Trinajstić information content (AvgIpc) is 2.73. The molecule has 4 rings (SSSR count). The van der Waals surface area contributed by atoms with Crippen molar-refractivity contribution in [3.8, 4) is 11.1 Å². The third-order valence-electron chi connectivity index (χ3n) is 5.43. The molecule has 0 radical (unpaired) electrons. The molecule has 3 aromatic carbocycles. The number of halogens is 3. The maximum Gasteiger partial charge on any atom is 0.416 e. The fraction of sp³-hybridized carbons (Fsp3) is 0.208. The summed E-state index contributed by atoms with van der Waals surface area (Å²) < 4.78 is 38.9. The van der Waals surface area contributed by atoms with Crippen molar-refractivity contribution in [2.45, 2.75) is 25.7 Å². The highest BCUT2D eigenvalue weighted by Crippen LogP contribution is 2.32. The molecule has 154 valence electrons. The van der Waals surface area contributed by atoms with Crippen LogP contribution < -0.4 is 0 Å². The maximum absolute atomic E-state index is 13.0. The number of aromatic carboxylic acids is 1. The van der Waals surface area contributed by atoms with Crippen molar-refractivity contribution >= 4 is 5.97 Å². The number of fused-ring (bicyclic) bond motifs is 1. The lowest BCUT2D eigenvalue weighted by Gasteiger charge is -2.30. The third kappa shape index (κ3) is 4.24. The molecule has 3 aromatic rings. The molecule has 0 spiro atoms. The molecule has 0 aromatic heterocycles. The zero-order valence-electron chi connectivity index (χ0n) is 16.1. The molecule has 0 fully saturated rings. The summed E-state index contributed by atoms with van der Waals surface area (Å²) in [5, 5.41) is 9.26. The molecular formula is C24H20F3NO2. The van der Waals surface area contributed by atoms with Crippen molar-refractivity contribution in [3.05, 3.63) is 94.5 Å². The van der Waals surface area contributed by atoms with E-state index in [9.17, 15) is 23.1 Å². The highest BCUT2D eigenvalue weighted by molar-refractivity contribution is 5.89. The summed E-state index contributed by atoms with van der Waals surface area (Å²) in [7, 11) is 0. The molecule has 30 heavy (non-hydrogen) atoms. The van der Waals surface area contributed by atoms with Gasteiger partial charge >= 0.3 is 12.1 Å². The molecule has 0 atom stereocenters. The van der Waals surface area contributed by atoms with Crippen molar-refractivity contribution in [1.29, 1.82) is 0 Å². The highest BCUT2D eigenvalue weighted by Gasteiger charge is 2.30. The maximum atomic E-state index is 13.0. The second-order valence-corrected chi connectivity index (χ2v) is 7.49. The third-order valence-corrected chi connectivity index (χ3v) is 5.43. The first-order valence-corrected chi connectivity index (χ1v) is 9.64. The molecule has 6 heteroatoms. The standard InChI is InChI=1S/C24H20F3NO2/c25-24(26,27)20-8-1-4-16(12-20)14-28-11-10-22-19(15-28)7-3-9-21(22)17-5-2-6-18(13-17)23(29)30/h1-9,12-13H,10-11,14-15H2,(H,29,30). The van der Waals surface area contributed by atoms with E-state index in [0.717, 1.165) is 35.7 Å². The van der Waals surface area contributed by atoms with Crippen LogP contribution in [0.4, 0.5) is 13.2 Å². The van der Waals surface area contributed by atoms with Crippen molar-refractivity contribution in [1.82, 2.24) is 4.90 Å². The summed E-state index contributed by atoms with van der Waals surface area (Å²) in [6.07, 6.45) is -3.59. The summed E-state index contributed by atoms with van der Waals surface area (Å²) in [6.45, 7) is 1.80. The van der Waals surface area contributed by atoms with Crippen molar-refractivity contribution in [3.63, 3.8) is 0 Å². The van der Waals surface area contributed by atoms with E-state index < -0.39 is 17.7 Å². The first-order valence-electron chi connectivity index (χ1n) is 9.64. The number of hydrogen-bond donors (Lipinski definition) is 1. The van der Waals surface area contributed by atoms with E-state index in [4.69, 9.17) is 0 Å². The smallest absolute Gasteiger partial charge is 0.416 e. The van der Waals surface area contributed by atoms with Crippen LogP contribution in [0.25, 0.3) is 11.1 Å². The van der Waals surface area contributed by atoms with Crippen molar-refractivity contribution < 1.29 is 23.1 Å². The van der Waals surface area contributed by atoms with Gasteiger partial charge in [0.1, 0.15) is 0 Å². The zero-order valence-corrected chi connectivity index (χ0v) is 16.1. The molecule has 1 heterocycles. The van der Waals surface area contributed by atoms with E-state index in [-0.39, 0.29) is 5.56 Å². The lowest BCUT2D eigenvalue weighted by atomic mass is 9.90. The van der Waals surface area contributed by atoms with Crippen LogP contribution in [0.3, 0.4) is 0 Å². The minimum Gasteiger partial charge on any atom is -0.478 e. The predicted octanol–water partition coefficient (Wildman–Crippen LogP) is 5.63. The van der Waals surface area contributed by atoms with Gasteiger partial charge in [-0.05, 0) is 52.4 Å². The van der Waals surface area contributed by atoms with Gasteiger partial charge in [0.2, 0.25) is 0 Å². The van der Waals surface area contributed by atoms with Gasteiger partial charge in [0.25, 0.3) is 0 Å². The quantitative estimate of drug-likeness (QED) is 0.605. The highest BCUT2D eigenvalue weighted by atomic mass is 19.4. The van der Waals surface area contributed by atoms with E-state index in [0.29, 0.717) is 18.7 Å². The summed E-state index contributed by atoms with van der Waals surface area (Å²) in [6, 6.07) is 18.3. The summed E-state index contributed by atoms with van der Waals surface area (Å²) in [5.41, 5.74) is 4.41. The normalized spacial score (nSPS) is 14.4. The Labute approximate surface area is 172 Å². The van der Waals surface area contributed by atoms with Gasteiger partial charge in [-0.2, -0.15) is 13.2 Å². The number of carboxylic acids is 1. The van der Waals surface area contributed by atoms with Crippen LogP contribution in [0.5, 0.6) is 0 Å². The summed E-state index contributed by atoms with van der Waals surface area (Å²) in [5.74, 6) is -0.964. The fourth-order valence-electron chi connectivity index (χ4n) is 4.00. The Morgan fingerprint density at radius 1 is 1.00 bits per heavy atom. The molecular weight excluding hydrogens is 391 g/mol. The van der Waals surface area contributed by atoms with Crippen molar-refractivity contribution in [2.75, 3.05) is 6.54 Å². The monoisotopic (exact) mass is 411 g/mol. The van der Waals surface area contributed by atoms with E-state index in [2.05, 4.69) is 4.90 Å². The Hall–Kier alpha value is -3.12. The number of carbonyl (C=O) groups is 1. The number of benzene rings is 3. The number of carboxylic acid groups (broad SMARTS) is 1. The van der Waals surface area contributed by atoms with Gasteiger partial charge in [-0.3, -0.25) is 4.90 Å².